The standard InChI is InChI=1S/C25H28N2O3S2/c1-12-17(24(29)30-2)18(16-4-3-5-31-16)19-20(26)21(32-23(19)27-12)22(28)25-9-13-6-14(10-25)8-15(7-13)11-25/h3-5,13-15,18,27H,6-11,26H2,1-2H3/t13?,14?,15?,18-,25?/m1/s1. The van der Waals surface area contributed by atoms with Crippen molar-refractivity contribution in [1.82, 2.24) is 0 Å². The Balaban J connectivity index is 1.45. The fraction of sp³-hybridized carbons (Fsp3) is 0.520. The van der Waals surface area contributed by atoms with Gasteiger partial charge in [-0.25, -0.2) is 4.79 Å². The lowest BCUT2D eigenvalue weighted by atomic mass is 9.48. The number of nitrogen functional groups attached to an aromatic ring is 1. The predicted octanol–water partition coefficient (Wildman–Crippen LogP) is 5.80. The fourth-order valence-electron chi connectivity index (χ4n) is 7.35. The van der Waals surface area contributed by atoms with E-state index in [9.17, 15) is 9.59 Å². The van der Waals surface area contributed by atoms with Crippen LogP contribution in [0.4, 0.5) is 10.7 Å². The molecule has 2 aromatic heterocycles. The molecule has 1 aliphatic heterocycles. The number of anilines is 2. The van der Waals surface area contributed by atoms with Gasteiger partial charge in [0, 0.05) is 21.6 Å². The number of rotatable bonds is 4. The first-order valence-corrected chi connectivity index (χ1v) is 13.2. The van der Waals surface area contributed by atoms with Crippen molar-refractivity contribution in [2.75, 3.05) is 18.2 Å². The van der Waals surface area contributed by atoms with Gasteiger partial charge in [0.2, 0.25) is 0 Å². The second-order valence-electron chi connectivity index (χ2n) is 10.2. The van der Waals surface area contributed by atoms with Crippen LogP contribution in [-0.2, 0) is 9.53 Å². The first-order chi connectivity index (χ1) is 15.4. The number of ether oxygens (including phenoxy) is 1. The lowest BCUT2D eigenvalue weighted by Gasteiger charge is -2.55. The van der Waals surface area contributed by atoms with Gasteiger partial charge in [0.1, 0.15) is 0 Å². The number of Topliss-reactive ketones (excluding diaryl/α,β-unsaturated/α-hetero) is 1. The van der Waals surface area contributed by atoms with Gasteiger partial charge in [-0.2, -0.15) is 0 Å². The van der Waals surface area contributed by atoms with Gasteiger partial charge in [0.25, 0.3) is 0 Å². The quantitative estimate of drug-likeness (QED) is 0.438. The molecular weight excluding hydrogens is 440 g/mol. The van der Waals surface area contributed by atoms with Crippen LogP contribution in [0.1, 0.15) is 71.5 Å². The molecule has 5 aliphatic rings. The van der Waals surface area contributed by atoms with E-state index in [-0.39, 0.29) is 23.1 Å². The third kappa shape index (κ3) is 2.86. The van der Waals surface area contributed by atoms with Crippen molar-refractivity contribution in [3.8, 4) is 0 Å². The van der Waals surface area contributed by atoms with E-state index in [1.54, 1.807) is 11.3 Å². The Bertz CT molecular complexity index is 1110. The molecule has 7 heteroatoms. The number of thiophene rings is 2. The molecule has 3 heterocycles. The highest BCUT2D eigenvalue weighted by molar-refractivity contribution is 7.19. The summed E-state index contributed by atoms with van der Waals surface area (Å²) in [5.41, 5.74) is 9.27. The van der Waals surface area contributed by atoms with Gasteiger partial charge in [-0.05, 0) is 74.6 Å². The van der Waals surface area contributed by atoms with E-state index in [2.05, 4.69) is 5.32 Å². The summed E-state index contributed by atoms with van der Waals surface area (Å²) < 4.78 is 5.13. The van der Waals surface area contributed by atoms with E-state index in [0.717, 1.165) is 40.4 Å². The zero-order chi connectivity index (χ0) is 22.2. The summed E-state index contributed by atoms with van der Waals surface area (Å²) >= 11 is 3.07. The molecule has 4 saturated carbocycles. The number of carbonyl (C=O) groups is 2. The number of esters is 1. The van der Waals surface area contributed by atoms with E-state index in [0.29, 0.717) is 33.9 Å². The van der Waals surface area contributed by atoms with Gasteiger partial charge in [-0.1, -0.05) is 6.07 Å². The molecule has 4 bridgehead atoms. The molecule has 0 spiro atoms. The van der Waals surface area contributed by atoms with Gasteiger partial charge < -0.3 is 15.8 Å². The van der Waals surface area contributed by atoms with Gasteiger partial charge in [-0.15, -0.1) is 22.7 Å². The molecule has 2 aromatic rings. The Kier molecular flexibility index (Phi) is 4.60. The predicted molar refractivity (Wildman–Crippen MR) is 128 cm³/mol. The molecule has 168 valence electrons. The molecule has 4 fully saturated rings. The normalized spacial score (nSPS) is 32.6. The van der Waals surface area contributed by atoms with Crippen molar-refractivity contribution in [3.05, 3.63) is 44.1 Å². The Hall–Kier alpha value is -2.12. The summed E-state index contributed by atoms with van der Waals surface area (Å²) in [4.78, 5) is 28.6. The minimum atomic E-state index is -0.362. The number of ketones is 1. The maximum absolute atomic E-state index is 14.1. The molecule has 0 unspecified atom stereocenters. The second-order valence-corrected chi connectivity index (χ2v) is 12.2. The number of methoxy groups -OCH3 is 1. The zero-order valence-electron chi connectivity index (χ0n) is 18.4. The van der Waals surface area contributed by atoms with Crippen LogP contribution < -0.4 is 11.1 Å². The van der Waals surface area contributed by atoms with Crippen molar-refractivity contribution in [1.29, 1.82) is 0 Å². The molecule has 32 heavy (non-hydrogen) atoms. The first kappa shape index (κ1) is 20.5. The number of carbonyl (C=O) groups excluding carboxylic acids is 2. The van der Waals surface area contributed by atoms with E-state index in [1.165, 1.54) is 37.7 Å². The number of hydrogen-bond donors (Lipinski definition) is 2. The van der Waals surface area contributed by atoms with Crippen molar-refractivity contribution < 1.29 is 14.3 Å². The van der Waals surface area contributed by atoms with Gasteiger partial charge in [0.15, 0.2) is 5.78 Å². The third-order valence-electron chi connectivity index (χ3n) is 8.23. The maximum Gasteiger partial charge on any atom is 0.336 e. The average Bonchev–Trinajstić information content (AvgIpc) is 3.39. The topological polar surface area (TPSA) is 81.4 Å². The Morgan fingerprint density at radius 2 is 1.81 bits per heavy atom. The molecule has 0 radical (unpaired) electrons. The molecule has 1 atom stereocenters. The van der Waals surface area contributed by atoms with Crippen LogP contribution in [-0.4, -0.2) is 18.9 Å². The minimum absolute atomic E-state index is 0.234. The van der Waals surface area contributed by atoms with Crippen molar-refractivity contribution in [3.63, 3.8) is 0 Å². The van der Waals surface area contributed by atoms with Gasteiger partial charge >= 0.3 is 5.97 Å². The molecule has 4 aliphatic carbocycles. The molecule has 0 amide bonds. The Morgan fingerprint density at radius 3 is 2.38 bits per heavy atom. The summed E-state index contributed by atoms with van der Waals surface area (Å²) in [6.45, 7) is 1.90. The molecule has 5 nitrogen and oxygen atoms in total. The summed E-state index contributed by atoms with van der Waals surface area (Å²) in [5, 5.41) is 6.27. The Morgan fingerprint density at radius 1 is 1.16 bits per heavy atom. The fourth-order valence-corrected chi connectivity index (χ4v) is 9.47. The van der Waals surface area contributed by atoms with Gasteiger partial charge in [0.05, 0.1) is 34.2 Å². The van der Waals surface area contributed by atoms with Crippen molar-refractivity contribution in [2.45, 2.75) is 51.4 Å². The number of nitrogens with one attached hydrogen (secondary N) is 1. The lowest BCUT2D eigenvalue weighted by molar-refractivity contribution is -0.136. The van der Waals surface area contributed by atoms with Crippen LogP contribution in [0.2, 0.25) is 0 Å². The summed E-state index contributed by atoms with van der Waals surface area (Å²) in [5.74, 6) is 1.68. The summed E-state index contributed by atoms with van der Waals surface area (Å²) in [7, 11) is 1.41. The maximum atomic E-state index is 14.1. The summed E-state index contributed by atoms with van der Waals surface area (Å²) in [6.07, 6.45) is 6.97. The SMILES string of the molecule is COC(=O)C1=C(C)Nc2sc(C(=O)C34CC5CC(CC(C5)C3)C4)c(N)c2[C@@H]1c1cccs1. The van der Waals surface area contributed by atoms with Crippen LogP contribution in [0.3, 0.4) is 0 Å². The minimum Gasteiger partial charge on any atom is -0.466 e. The molecular formula is C25H28N2O3S2. The van der Waals surface area contributed by atoms with Crippen molar-refractivity contribution in [2.24, 2.45) is 23.2 Å². The third-order valence-corrected chi connectivity index (χ3v) is 10.3. The van der Waals surface area contributed by atoms with Crippen LogP contribution in [0.25, 0.3) is 0 Å². The zero-order valence-corrected chi connectivity index (χ0v) is 20.0. The van der Waals surface area contributed by atoms with Crippen molar-refractivity contribution >= 4 is 45.1 Å². The van der Waals surface area contributed by atoms with Crippen LogP contribution >= 0.6 is 22.7 Å². The Labute approximate surface area is 196 Å². The van der Waals surface area contributed by atoms with Gasteiger partial charge in [-0.3, -0.25) is 4.79 Å². The number of allylic oxidation sites excluding steroid dienone is 1. The number of nitrogens with two attached hydrogens (primary N) is 1. The molecule has 7 rings (SSSR count). The molecule has 0 aromatic carbocycles. The smallest absolute Gasteiger partial charge is 0.336 e. The van der Waals surface area contributed by atoms with Crippen LogP contribution in [0.5, 0.6) is 0 Å². The highest BCUT2D eigenvalue weighted by Gasteiger charge is 2.55. The van der Waals surface area contributed by atoms with Crippen LogP contribution in [0.15, 0.2) is 28.8 Å². The van der Waals surface area contributed by atoms with E-state index >= 15 is 0 Å². The average molecular weight is 469 g/mol. The molecule has 3 N–H and O–H groups in total. The monoisotopic (exact) mass is 468 g/mol. The first-order valence-electron chi connectivity index (χ1n) is 11.5. The summed E-state index contributed by atoms with van der Waals surface area (Å²) in [6, 6.07) is 4.01. The highest BCUT2D eigenvalue weighted by atomic mass is 32.1. The van der Waals surface area contributed by atoms with E-state index < -0.39 is 0 Å². The molecule has 0 saturated heterocycles. The largest absolute Gasteiger partial charge is 0.466 e. The van der Waals surface area contributed by atoms with Crippen LogP contribution in [0, 0.1) is 23.2 Å². The number of hydrogen-bond acceptors (Lipinski definition) is 7. The highest BCUT2D eigenvalue weighted by Crippen LogP contribution is 2.62. The second kappa shape index (κ2) is 7.19. The lowest BCUT2D eigenvalue weighted by Crippen LogP contribution is -2.50. The number of fused-ring (bicyclic) bond motifs is 1. The van der Waals surface area contributed by atoms with E-state index in [1.807, 2.05) is 24.4 Å². The van der Waals surface area contributed by atoms with E-state index in [4.69, 9.17) is 10.5 Å².